The summed E-state index contributed by atoms with van der Waals surface area (Å²) in [4.78, 5) is 9.85. The van der Waals surface area contributed by atoms with Crippen LogP contribution in [0.2, 0.25) is 0 Å². The zero-order valence-corrected chi connectivity index (χ0v) is 15.8. The molecule has 3 atom stereocenters. The Kier molecular flexibility index (Phi) is 6.67. The normalized spacial score (nSPS) is 23.3. The van der Waals surface area contributed by atoms with E-state index in [2.05, 4.69) is 79.0 Å². The number of nitrogens with zero attached hydrogens (tertiary/aromatic N) is 4. The van der Waals surface area contributed by atoms with E-state index >= 15 is 0 Å². The van der Waals surface area contributed by atoms with Gasteiger partial charge in [-0.3, -0.25) is 0 Å². The third-order valence-electron chi connectivity index (χ3n) is 5.52. The summed E-state index contributed by atoms with van der Waals surface area (Å²) in [5, 5.41) is 0. The molecule has 0 radical (unpaired) electrons. The summed E-state index contributed by atoms with van der Waals surface area (Å²) in [6.07, 6.45) is 14.5. The number of rotatable bonds is 9. The first-order chi connectivity index (χ1) is 11.1. The Bertz CT molecular complexity index is 406. The Morgan fingerprint density at radius 2 is 1.61 bits per heavy atom. The van der Waals surface area contributed by atoms with Gasteiger partial charge in [-0.1, -0.05) is 13.8 Å². The number of hydrogen-bond acceptors (Lipinski definition) is 4. The van der Waals surface area contributed by atoms with Crippen LogP contribution in [-0.4, -0.2) is 57.6 Å². The Balaban J connectivity index is 1.62. The Hall–Kier alpha value is -1.32. The average molecular weight is 321 g/mol. The molecule has 23 heavy (non-hydrogen) atoms. The van der Waals surface area contributed by atoms with Crippen LogP contribution in [0.4, 0.5) is 0 Å². The van der Waals surface area contributed by atoms with Gasteiger partial charge in [-0.05, 0) is 46.5 Å². The molecule has 2 heterocycles. The molecular weight excluding hydrogens is 284 g/mol. The van der Waals surface area contributed by atoms with Crippen LogP contribution in [0.25, 0.3) is 0 Å². The maximum absolute atomic E-state index is 2.48. The predicted molar refractivity (Wildman–Crippen MR) is 98.4 cm³/mol. The summed E-state index contributed by atoms with van der Waals surface area (Å²) in [7, 11) is 0. The van der Waals surface area contributed by atoms with Crippen LogP contribution in [0, 0.1) is 0 Å². The van der Waals surface area contributed by atoms with Crippen LogP contribution < -0.4 is 0 Å². The van der Waals surface area contributed by atoms with Crippen LogP contribution in [0.15, 0.2) is 24.8 Å². The van der Waals surface area contributed by atoms with Gasteiger partial charge in [0.25, 0.3) is 0 Å². The Morgan fingerprint density at radius 1 is 0.913 bits per heavy atom. The smallest absolute Gasteiger partial charge is 0.0980 e. The van der Waals surface area contributed by atoms with Gasteiger partial charge >= 0.3 is 0 Å². The molecule has 0 aromatic heterocycles. The minimum Gasteiger partial charge on any atom is -0.359 e. The second-order valence-corrected chi connectivity index (χ2v) is 7.10. The maximum Gasteiger partial charge on any atom is 0.0980 e. The highest BCUT2D eigenvalue weighted by atomic mass is 15.4. The van der Waals surface area contributed by atoms with Gasteiger partial charge in [0.05, 0.1) is 12.8 Å². The molecule has 2 rings (SSSR count). The van der Waals surface area contributed by atoms with E-state index in [0.717, 1.165) is 13.2 Å². The summed E-state index contributed by atoms with van der Waals surface area (Å²) >= 11 is 0. The van der Waals surface area contributed by atoms with Crippen molar-refractivity contribution in [3.63, 3.8) is 0 Å². The van der Waals surface area contributed by atoms with E-state index < -0.39 is 0 Å². The second kappa shape index (κ2) is 8.51. The van der Waals surface area contributed by atoms with E-state index in [1.165, 1.54) is 32.2 Å². The largest absolute Gasteiger partial charge is 0.359 e. The highest BCUT2D eigenvalue weighted by Gasteiger charge is 2.24. The zero-order valence-electron chi connectivity index (χ0n) is 15.8. The second-order valence-electron chi connectivity index (χ2n) is 7.10. The molecule has 0 aromatic rings. The molecule has 0 N–H and O–H groups in total. The van der Waals surface area contributed by atoms with E-state index in [1.807, 2.05) is 0 Å². The number of unbranched alkanes of at least 4 members (excludes halogenated alkanes) is 1. The summed E-state index contributed by atoms with van der Waals surface area (Å²) in [6.45, 7) is 14.9. The van der Waals surface area contributed by atoms with E-state index in [4.69, 9.17) is 0 Å². The van der Waals surface area contributed by atoms with E-state index in [0.29, 0.717) is 18.2 Å². The molecule has 0 saturated heterocycles. The highest BCUT2D eigenvalue weighted by molar-refractivity contribution is 4.97. The van der Waals surface area contributed by atoms with Crippen LogP contribution in [0.1, 0.15) is 60.3 Å². The van der Waals surface area contributed by atoms with Gasteiger partial charge < -0.3 is 19.6 Å². The fraction of sp³-hybridized carbons (Fsp3) is 0.789. The maximum atomic E-state index is 2.48. The van der Waals surface area contributed by atoms with E-state index in [9.17, 15) is 0 Å². The zero-order chi connectivity index (χ0) is 16.8. The van der Waals surface area contributed by atoms with E-state index in [-0.39, 0.29) is 0 Å². The molecule has 0 aliphatic carbocycles. The van der Waals surface area contributed by atoms with Crippen molar-refractivity contribution < 1.29 is 0 Å². The van der Waals surface area contributed by atoms with Crippen LogP contribution in [0.5, 0.6) is 0 Å². The molecule has 4 nitrogen and oxygen atoms in total. The lowest BCUT2D eigenvalue weighted by atomic mass is 10.2. The van der Waals surface area contributed by atoms with Crippen molar-refractivity contribution in [1.82, 2.24) is 19.6 Å². The van der Waals surface area contributed by atoms with Crippen molar-refractivity contribution in [3.8, 4) is 0 Å². The highest BCUT2D eigenvalue weighted by Crippen LogP contribution is 2.20. The molecule has 1 unspecified atom stereocenters. The predicted octanol–water partition coefficient (Wildman–Crippen LogP) is 3.84. The third kappa shape index (κ3) is 4.58. The fourth-order valence-corrected chi connectivity index (χ4v) is 3.33. The summed E-state index contributed by atoms with van der Waals surface area (Å²) in [5.74, 6) is 0. The minimum atomic E-state index is 0.512. The topological polar surface area (TPSA) is 13.0 Å². The van der Waals surface area contributed by atoms with Crippen molar-refractivity contribution in [2.75, 3.05) is 19.8 Å². The van der Waals surface area contributed by atoms with Crippen molar-refractivity contribution in [2.45, 2.75) is 78.6 Å². The first kappa shape index (κ1) is 18.0. The summed E-state index contributed by atoms with van der Waals surface area (Å²) in [5.41, 5.74) is 0. The van der Waals surface area contributed by atoms with Gasteiger partial charge in [0.15, 0.2) is 0 Å². The first-order valence-electron chi connectivity index (χ1n) is 9.46. The molecule has 2 aliphatic rings. The molecular formula is C19H36N4. The molecule has 4 heteroatoms. The van der Waals surface area contributed by atoms with Gasteiger partial charge in [0.2, 0.25) is 0 Å². The average Bonchev–Trinajstić information content (AvgIpc) is 3.17. The standard InChI is InChI=1S/C19H36N4/c1-6-17(3)22-13-12-20(16-22)10-8-9-11-21-14-15-23(19(21)5)18(4)7-2/h12-15,17-19H,6-11,16H2,1-5H3/t17-,18-,19?/m0/s1. The lowest BCUT2D eigenvalue weighted by Crippen LogP contribution is -2.40. The van der Waals surface area contributed by atoms with E-state index in [1.54, 1.807) is 0 Å². The van der Waals surface area contributed by atoms with Crippen LogP contribution in [0.3, 0.4) is 0 Å². The van der Waals surface area contributed by atoms with Crippen molar-refractivity contribution in [1.29, 1.82) is 0 Å². The third-order valence-corrected chi connectivity index (χ3v) is 5.52. The Labute approximate surface area is 143 Å². The monoisotopic (exact) mass is 320 g/mol. The van der Waals surface area contributed by atoms with Crippen molar-refractivity contribution in [2.24, 2.45) is 0 Å². The quantitative estimate of drug-likeness (QED) is 0.598. The van der Waals surface area contributed by atoms with Gasteiger partial charge in [0, 0.05) is 50.0 Å². The molecule has 0 spiro atoms. The molecule has 132 valence electrons. The van der Waals surface area contributed by atoms with Gasteiger partial charge in [-0.25, -0.2) is 0 Å². The Morgan fingerprint density at radius 3 is 2.30 bits per heavy atom. The fourth-order valence-electron chi connectivity index (χ4n) is 3.33. The molecule has 0 saturated carbocycles. The lowest BCUT2D eigenvalue weighted by Gasteiger charge is -2.33. The van der Waals surface area contributed by atoms with Crippen molar-refractivity contribution >= 4 is 0 Å². The molecule has 0 fully saturated rings. The van der Waals surface area contributed by atoms with Gasteiger partial charge in [0.1, 0.15) is 0 Å². The molecule has 2 aliphatic heterocycles. The SMILES string of the molecule is CC[C@H](C)N1C=CN(CCCCN2C=CN([C@@H](C)CC)C2C)C1. The van der Waals surface area contributed by atoms with Gasteiger partial charge in [-0.2, -0.15) is 0 Å². The van der Waals surface area contributed by atoms with Crippen LogP contribution in [-0.2, 0) is 0 Å². The first-order valence-corrected chi connectivity index (χ1v) is 9.46. The summed E-state index contributed by atoms with van der Waals surface area (Å²) < 4.78 is 0. The minimum absolute atomic E-state index is 0.512. The van der Waals surface area contributed by atoms with Gasteiger partial charge in [-0.15, -0.1) is 0 Å². The molecule has 0 bridgehead atoms. The lowest BCUT2D eigenvalue weighted by molar-refractivity contribution is 0.131. The molecule has 0 amide bonds. The molecule has 0 aromatic carbocycles. The van der Waals surface area contributed by atoms with Crippen LogP contribution >= 0.6 is 0 Å². The van der Waals surface area contributed by atoms with Crippen molar-refractivity contribution in [3.05, 3.63) is 24.8 Å². The summed E-state index contributed by atoms with van der Waals surface area (Å²) in [6, 6.07) is 1.28. The number of hydrogen-bond donors (Lipinski definition) is 0.